The SMILES string of the molecule is O=C1CCC(C(=O)N2CCCN(C(=O)c3ccc[nH]3)CC2)N1. The highest BCUT2D eigenvalue weighted by Crippen LogP contribution is 2.13. The lowest BCUT2D eigenvalue weighted by atomic mass is 10.2. The summed E-state index contributed by atoms with van der Waals surface area (Å²) in [7, 11) is 0. The van der Waals surface area contributed by atoms with Gasteiger partial charge in [-0.2, -0.15) is 0 Å². The normalized spacial score (nSPS) is 22.4. The van der Waals surface area contributed by atoms with E-state index in [1.54, 1.807) is 28.1 Å². The van der Waals surface area contributed by atoms with Crippen LogP contribution < -0.4 is 5.32 Å². The lowest BCUT2D eigenvalue weighted by Gasteiger charge is -2.24. The molecule has 2 saturated heterocycles. The zero-order valence-electron chi connectivity index (χ0n) is 12.4. The first-order valence-corrected chi connectivity index (χ1v) is 7.66. The van der Waals surface area contributed by atoms with Crippen LogP contribution in [0.2, 0.25) is 0 Å². The molecule has 0 saturated carbocycles. The number of H-pyrrole nitrogens is 1. The lowest BCUT2D eigenvalue weighted by molar-refractivity contribution is -0.134. The van der Waals surface area contributed by atoms with E-state index >= 15 is 0 Å². The van der Waals surface area contributed by atoms with Gasteiger partial charge in [-0.1, -0.05) is 0 Å². The van der Waals surface area contributed by atoms with Crippen LogP contribution in [0.4, 0.5) is 0 Å². The molecule has 0 radical (unpaired) electrons. The standard InChI is InChI=1S/C15H20N4O3/c20-13-5-4-12(17-13)15(22)19-8-2-7-18(9-10-19)14(21)11-3-1-6-16-11/h1,3,6,12,16H,2,4-5,7-10H2,(H,17,20). The van der Waals surface area contributed by atoms with Gasteiger partial charge in [0.2, 0.25) is 11.8 Å². The minimum Gasteiger partial charge on any atom is -0.357 e. The van der Waals surface area contributed by atoms with Gasteiger partial charge in [-0.05, 0) is 25.0 Å². The van der Waals surface area contributed by atoms with Crippen molar-refractivity contribution in [1.82, 2.24) is 20.1 Å². The molecule has 0 bridgehead atoms. The summed E-state index contributed by atoms with van der Waals surface area (Å²) in [5, 5.41) is 2.71. The van der Waals surface area contributed by atoms with Crippen LogP contribution in [0.3, 0.4) is 0 Å². The minimum atomic E-state index is -0.391. The van der Waals surface area contributed by atoms with Gasteiger partial charge in [-0.3, -0.25) is 14.4 Å². The molecule has 7 heteroatoms. The number of hydrogen-bond acceptors (Lipinski definition) is 3. The Morgan fingerprint density at radius 1 is 1.14 bits per heavy atom. The molecule has 2 aliphatic heterocycles. The second-order valence-corrected chi connectivity index (χ2v) is 5.71. The van der Waals surface area contributed by atoms with Crippen molar-refractivity contribution in [3.05, 3.63) is 24.0 Å². The molecule has 3 amide bonds. The van der Waals surface area contributed by atoms with Gasteiger partial charge < -0.3 is 20.1 Å². The van der Waals surface area contributed by atoms with Crippen molar-refractivity contribution >= 4 is 17.7 Å². The van der Waals surface area contributed by atoms with Gasteiger partial charge in [0.15, 0.2) is 0 Å². The maximum Gasteiger partial charge on any atom is 0.270 e. The number of amides is 3. The van der Waals surface area contributed by atoms with Crippen molar-refractivity contribution in [3.63, 3.8) is 0 Å². The maximum absolute atomic E-state index is 12.4. The summed E-state index contributed by atoms with van der Waals surface area (Å²) in [4.78, 5) is 42.4. The zero-order valence-corrected chi connectivity index (χ0v) is 12.4. The molecule has 0 aromatic carbocycles. The van der Waals surface area contributed by atoms with Gasteiger partial charge >= 0.3 is 0 Å². The Morgan fingerprint density at radius 2 is 1.91 bits per heavy atom. The molecule has 1 atom stereocenters. The van der Waals surface area contributed by atoms with E-state index in [0.717, 1.165) is 6.42 Å². The van der Waals surface area contributed by atoms with Crippen LogP contribution in [0, 0.1) is 0 Å². The predicted octanol–water partition coefficient (Wildman–Crippen LogP) is -0.0322. The Labute approximate surface area is 128 Å². The molecule has 0 spiro atoms. The molecule has 0 aliphatic carbocycles. The fourth-order valence-corrected chi connectivity index (χ4v) is 2.99. The maximum atomic E-state index is 12.4. The molecule has 3 rings (SSSR count). The van der Waals surface area contributed by atoms with E-state index < -0.39 is 6.04 Å². The van der Waals surface area contributed by atoms with Gasteiger partial charge in [0.25, 0.3) is 5.91 Å². The van der Waals surface area contributed by atoms with Crippen molar-refractivity contribution in [3.8, 4) is 0 Å². The Hall–Kier alpha value is -2.31. The first kappa shape index (κ1) is 14.6. The van der Waals surface area contributed by atoms with Crippen molar-refractivity contribution < 1.29 is 14.4 Å². The van der Waals surface area contributed by atoms with Gasteiger partial charge in [0.1, 0.15) is 11.7 Å². The predicted molar refractivity (Wildman–Crippen MR) is 79.1 cm³/mol. The number of aromatic nitrogens is 1. The molecule has 7 nitrogen and oxygen atoms in total. The van der Waals surface area contributed by atoms with E-state index in [-0.39, 0.29) is 17.7 Å². The van der Waals surface area contributed by atoms with Gasteiger partial charge in [-0.15, -0.1) is 0 Å². The van der Waals surface area contributed by atoms with Gasteiger partial charge in [0.05, 0.1) is 0 Å². The molecule has 2 fully saturated rings. The highest BCUT2D eigenvalue weighted by Gasteiger charge is 2.32. The highest BCUT2D eigenvalue weighted by molar-refractivity contribution is 5.93. The fourth-order valence-electron chi connectivity index (χ4n) is 2.99. The summed E-state index contributed by atoms with van der Waals surface area (Å²) in [6.07, 6.45) is 3.46. The van der Waals surface area contributed by atoms with Gasteiger partial charge in [-0.25, -0.2) is 0 Å². The topological polar surface area (TPSA) is 85.5 Å². The van der Waals surface area contributed by atoms with Crippen molar-refractivity contribution in [2.75, 3.05) is 26.2 Å². The molecule has 3 heterocycles. The molecular weight excluding hydrogens is 284 g/mol. The average molecular weight is 304 g/mol. The smallest absolute Gasteiger partial charge is 0.270 e. The second kappa shape index (κ2) is 6.21. The molecule has 2 aliphatic rings. The Kier molecular flexibility index (Phi) is 4.13. The van der Waals surface area contributed by atoms with E-state index in [0.29, 0.717) is 44.7 Å². The second-order valence-electron chi connectivity index (χ2n) is 5.71. The number of hydrogen-bond donors (Lipinski definition) is 2. The van der Waals surface area contributed by atoms with Crippen LogP contribution in [0.15, 0.2) is 18.3 Å². The third kappa shape index (κ3) is 2.98. The van der Waals surface area contributed by atoms with Crippen molar-refractivity contribution in [2.45, 2.75) is 25.3 Å². The number of carbonyl (C=O) groups is 3. The Morgan fingerprint density at radius 3 is 2.59 bits per heavy atom. The first-order valence-electron chi connectivity index (χ1n) is 7.66. The largest absolute Gasteiger partial charge is 0.357 e. The van der Waals surface area contributed by atoms with Crippen LogP contribution in [0.5, 0.6) is 0 Å². The summed E-state index contributed by atoms with van der Waals surface area (Å²) in [5.74, 6) is -0.120. The quantitative estimate of drug-likeness (QED) is 0.804. The molecular formula is C15H20N4O3. The summed E-state index contributed by atoms with van der Waals surface area (Å²) < 4.78 is 0. The van der Waals surface area contributed by atoms with E-state index in [1.165, 1.54) is 0 Å². The monoisotopic (exact) mass is 304 g/mol. The van der Waals surface area contributed by atoms with E-state index in [4.69, 9.17) is 0 Å². The van der Waals surface area contributed by atoms with E-state index in [9.17, 15) is 14.4 Å². The summed E-state index contributed by atoms with van der Waals surface area (Å²) in [6, 6.07) is 3.16. The van der Waals surface area contributed by atoms with Crippen LogP contribution in [-0.2, 0) is 9.59 Å². The number of nitrogens with one attached hydrogen (secondary N) is 2. The van der Waals surface area contributed by atoms with Crippen molar-refractivity contribution in [2.24, 2.45) is 0 Å². The number of rotatable bonds is 2. The van der Waals surface area contributed by atoms with E-state index in [2.05, 4.69) is 10.3 Å². The Bertz CT molecular complexity index is 569. The summed E-state index contributed by atoms with van der Waals surface area (Å²) in [6.45, 7) is 2.29. The summed E-state index contributed by atoms with van der Waals surface area (Å²) >= 11 is 0. The summed E-state index contributed by atoms with van der Waals surface area (Å²) in [5.41, 5.74) is 0.572. The lowest BCUT2D eigenvalue weighted by Crippen LogP contribution is -2.46. The van der Waals surface area contributed by atoms with Crippen LogP contribution in [0.25, 0.3) is 0 Å². The third-order valence-electron chi connectivity index (χ3n) is 4.22. The first-order chi connectivity index (χ1) is 10.6. The Balaban J connectivity index is 1.59. The molecule has 118 valence electrons. The van der Waals surface area contributed by atoms with Gasteiger partial charge in [0, 0.05) is 38.8 Å². The number of carbonyl (C=O) groups excluding carboxylic acids is 3. The number of nitrogens with zero attached hydrogens (tertiary/aromatic N) is 2. The number of aromatic amines is 1. The molecule has 1 aromatic rings. The average Bonchev–Trinajstić information content (AvgIpc) is 3.13. The molecule has 2 N–H and O–H groups in total. The minimum absolute atomic E-state index is 0.0278. The third-order valence-corrected chi connectivity index (χ3v) is 4.22. The fraction of sp³-hybridized carbons (Fsp3) is 0.533. The van der Waals surface area contributed by atoms with Crippen molar-refractivity contribution in [1.29, 1.82) is 0 Å². The molecule has 22 heavy (non-hydrogen) atoms. The molecule has 1 unspecified atom stereocenters. The van der Waals surface area contributed by atoms with Crippen LogP contribution in [-0.4, -0.2) is 64.7 Å². The highest BCUT2D eigenvalue weighted by atomic mass is 16.2. The van der Waals surface area contributed by atoms with Crippen LogP contribution >= 0.6 is 0 Å². The van der Waals surface area contributed by atoms with Crippen LogP contribution in [0.1, 0.15) is 29.8 Å². The zero-order chi connectivity index (χ0) is 15.5. The molecule has 1 aromatic heterocycles. The van der Waals surface area contributed by atoms with E-state index in [1.807, 2.05) is 0 Å².